The predicted molar refractivity (Wildman–Crippen MR) is 128 cm³/mol. The Kier molecular flexibility index (Phi) is 7.16. The van der Waals surface area contributed by atoms with E-state index in [1.807, 2.05) is 19.9 Å². The van der Waals surface area contributed by atoms with Gasteiger partial charge in [0.15, 0.2) is 0 Å². The fourth-order valence-corrected chi connectivity index (χ4v) is 5.61. The summed E-state index contributed by atoms with van der Waals surface area (Å²) >= 11 is 4.92. The molecule has 0 bridgehead atoms. The van der Waals surface area contributed by atoms with E-state index < -0.39 is 5.97 Å². The number of carbonyl (C=O) groups excluding carboxylic acids is 2. The van der Waals surface area contributed by atoms with Gasteiger partial charge in [0.25, 0.3) is 5.91 Å². The van der Waals surface area contributed by atoms with Crippen LogP contribution in [-0.4, -0.2) is 25.1 Å². The summed E-state index contributed by atoms with van der Waals surface area (Å²) < 4.78 is 11.7. The minimum absolute atomic E-state index is 0.0678. The number of esters is 1. The predicted octanol–water partition coefficient (Wildman–Crippen LogP) is 6.49. The van der Waals surface area contributed by atoms with Crippen molar-refractivity contribution in [2.75, 3.05) is 12.4 Å². The lowest BCUT2D eigenvalue weighted by Crippen LogP contribution is -2.26. The molecule has 0 saturated carbocycles. The van der Waals surface area contributed by atoms with Gasteiger partial charge in [0.2, 0.25) is 0 Å². The second kappa shape index (κ2) is 9.33. The number of carbonyl (C=O) groups is 2. The average Bonchev–Trinajstić information content (AvgIpc) is 3.04. The Labute approximate surface area is 196 Å². The van der Waals surface area contributed by atoms with Crippen LogP contribution in [0.2, 0.25) is 0 Å². The second-order valence-corrected chi connectivity index (χ2v) is 11.3. The molecule has 0 fully saturated rings. The summed E-state index contributed by atoms with van der Waals surface area (Å²) in [6, 6.07) is 5.34. The van der Waals surface area contributed by atoms with Gasteiger partial charge in [-0.3, -0.25) is 4.79 Å². The molecular weight excluding hydrogens is 478 g/mol. The molecule has 1 atom stereocenters. The molecule has 1 N–H and O–H groups in total. The number of benzene rings is 1. The molecule has 0 aliphatic heterocycles. The first-order valence-corrected chi connectivity index (χ1v) is 12.1. The largest absolute Gasteiger partial charge is 0.490 e. The molecule has 168 valence electrons. The van der Waals surface area contributed by atoms with Gasteiger partial charge in [-0.1, -0.05) is 36.7 Å². The van der Waals surface area contributed by atoms with Gasteiger partial charge in [0, 0.05) is 9.35 Å². The third-order valence-electron chi connectivity index (χ3n) is 5.66. The van der Waals surface area contributed by atoms with Crippen LogP contribution in [0.3, 0.4) is 0 Å². The molecule has 1 unspecified atom stereocenters. The topological polar surface area (TPSA) is 64.6 Å². The van der Waals surface area contributed by atoms with Gasteiger partial charge in [-0.05, 0) is 68.2 Å². The number of hydrogen-bond acceptors (Lipinski definition) is 5. The highest BCUT2D eigenvalue weighted by atomic mass is 79.9. The Balaban J connectivity index is 1.97. The first-order valence-electron chi connectivity index (χ1n) is 10.5. The zero-order valence-electron chi connectivity index (χ0n) is 18.9. The Hall–Kier alpha value is -1.86. The van der Waals surface area contributed by atoms with E-state index in [1.54, 1.807) is 12.1 Å². The third-order valence-corrected chi connectivity index (χ3v) is 7.32. The lowest BCUT2D eigenvalue weighted by Gasteiger charge is -2.33. The zero-order valence-corrected chi connectivity index (χ0v) is 21.3. The van der Waals surface area contributed by atoms with Crippen molar-refractivity contribution in [3.05, 3.63) is 44.2 Å². The fraction of sp³-hybridized carbons (Fsp3) is 0.500. The van der Waals surface area contributed by atoms with Gasteiger partial charge in [-0.2, -0.15) is 0 Å². The van der Waals surface area contributed by atoms with Gasteiger partial charge in [0.05, 0.1) is 24.3 Å². The van der Waals surface area contributed by atoms with Crippen LogP contribution in [-0.2, 0) is 17.6 Å². The Morgan fingerprint density at radius 2 is 1.97 bits per heavy atom. The number of methoxy groups -OCH3 is 1. The van der Waals surface area contributed by atoms with Gasteiger partial charge < -0.3 is 14.8 Å². The van der Waals surface area contributed by atoms with Gasteiger partial charge >= 0.3 is 5.97 Å². The monoisotopic (exact) mass is 507 g/mol. The van der Waals surface area contributed by atoms with E-state index in [0.717, 1.165) is 34.2 Å². The fourth-order valence-electron chi connectivity index (χ4n) is 3.94. The smallest absolute Gasteiger partial charge is 0.341 e. The van der Waals surface area contributed by atoms with E-state index in [1.165, 1.54) is 18.4 Å². The van der Waals surface area contributed by atoms with Crippen LogP contribution in [0.5, 0.6) is 5.75 Å². The summed E-state index contributed by atoms with van der Waals surface area (Å²) in [6.45, 7) is 10.6. The summed E-state index contributed by atoms with van der Waals surface area (Å²) in [7, 11) is 1.38. The van der Waals surface area contributed by atoms with E-state index in [4.69, 9.17) is 9.47 Å². The molecule has 0 spiro atoms. The van der Waals surface area contributed by atoms with E-state index in [0.29, 0.717) is 27.8 Å². The number of halogens is 1. The van der Waals surface area contributed by atoms with Crippen LogP contribution in [0.25, 0.3) is 0 Å². The molecule has 1 aromatic heterocycles. The second-order valence-electron chi connectivity index (χ2n) is 9.27. The van der Waals surface area contributed by atoms with Crippen molar-refractivity contribution in [2.24, 2.45) is 11.3 Å². The van der Waals surface area contributed by atoms with Gasteiger partial charge in [-0.25, -0.2) is 4.79 Å². The number of amides is 1. The first-order chi connectivity index (χ1) is 14.5. The van der Waals surface area contributed by atoms with Crippen LogP contribution < -0.4 is 10.1 Å². The standard InChI is InChI=1S/C24H30BrNO4S/c1-13(2)30-18-10-8-15(25)12-17(18)21(27)26-22-20(23(28)29-6)16-9-7-14(24(3,4)5)11-19(16)31-22/h8,10,12-14H,7,9,11H2,1-6H3,(H,26,27). The molecule has 0 radical (unpaired) electrons. The van der Waals surface area contributed by atoms with Crippen molar-refractivity contribution in [3.8, 4) is 5.75 Å². The Bertz CT molecular complexity index is 990. The average molecular weight is 508 g/mol. The number of nitrogens with one attached hydrogen (secondary N) is 1. The molecule has 7 heteroatoms. The van der Waals surface area contributed by atoms with Crippen LogP contribution in [0.4, 0.5) is 5.00 Å². The summed E-state index contributed by atoms with van der Waals surface area (Å²) in [5.74, 6) is 0.316. The van der Waals surface area contributed by atoms with Crippen molar-refractivity contribution in [2.45, 2.75) is 60.0 Å². The van der Waals surface area contributed by atoms with Crippen molar-refractivity contribution < 1.29 is 19.1 Å². The number of anilines is 1. The van der Waals surface area contributed by atoms with E-state index in [-0.39, 0.29) is 17.4 Å². The maximum Gasteiger partial charge on any atom is 0.341 e. The lowest BCUT2D eigenvalue weighted by molar-refractivity contribution is 0.0600. The molecule has 1 aliphatic rings. The van der Waals surface area contributed by atoms with E-state index in [2.05, 4.69) is 42.0 Å². The quantitative estimate of drug-likeness (QED) is 0.469. The van der Waals surface area contributed by atoms with Crippen LogP contribution >= 0.6 is 27.3 Å². The van der Waals surface area contributed by atoms with Crippen LogP contribution in [0.15, 0.2) is 22.7 Å². The van der Waals surface area contributed by atoms with Gasteiger partial charge in [0.1, 0.15) is 10.8 Å². The summed E-state index contributed by atoms with van der Waals surface area (Å²) in [5.41, 5.74) is 2.11. The van der Waals surface area contributed by atoms with E-state index >= 15 is 0 Å². The molecule has 1 aromatic carbocycles. The van der Waals surface area contributed by atoms with Crippen molar-refractivity contribution in [1.82, 2.24) is 0 Å². The molecular formula is C24H30BrNO4S. The first kappa shape index (κ1) is 23.8. The number of hydrogen-bond donors (Lipinski definition) is 1. The number of ether oxygens (including phenoxy) is 2. The minimum atomic E-state index is -0.407. The number of rotatable bonds is 5. The number of thiophene rings is 1. The maximum absolute atomic E-state index is 13.2. The molecule has 31 heavy (non-hydrogen) atoms. The molecule has 1 heterocycles. The highest BCUT2D eigenvalue weighted by Crippen LogP contribution is 2.44. The Morgan fingerprint density at radius 1 is 1.26 bits per heavy atom. The SMILES string of the molecule is COC(=O)c1c(NC(=O)c2cc(Br)ccc2OC(C)C)sc2c1CCC(C(C)(C)C)C2. The van der Waals surface area contributed by atoms with Crippen molar-refractivity contribution in [1.29, 1.82) is 0 Å². The molecule has 2 aromatic rings. The van der Waals surface area contributed by atoms with E-state index in [9.17, 15) is 9.59 Å². The highest BCUT2D eigenvalue weighted by Gasteiger charge is 2.34. The molecule has 3 rings (SSSR count). The van der Waals surface area contributed by atoms with Crippen molar-refractivity contribution >= 4 is 44.1 Å². The summed E-state index contributed by atoms with van der Waals surface area (Å²) in [4.78, 5) is 27.0. The molecule has 0 saturated heterocycles. The molecule has 5 nitrogen and oxygen atoms in total. The summed E-state index contributed by atoms with van der Waals surface area (Å²) in [6.07, 6.45) is 2.67. The van der Waals surface area contributed by atoms with Crippen LogP contribution in [0.1, 0.15) is 72.2 Å². The maximum atomic E-state index is 13.2. The van der Waals surface area contributed by atoms with Crippen molar-refractivity contribution in [3.63, 3.8) is 0 Å². The molecule has 1 amide bonds. The normalized spacial score (nSPS) is 16.1. The number of fused-ring (bicyclic) bond motifs is 1. The third kappa shape index (κ3) is 5.32. The Morgan fingerprint density at radius 3 is 2.58 bits per heavy atom. The zero-order chi connectivity index (χ0) is 22.9. The molecule has 1 aliphatic carbocycles. The van der Waals surface area contributed by atoms with Gasteiger partial charge in [-0.15, -0.1) is 11.3 Å². The highest BCUT2D eigenvalue weighted by molar-refractivity contribution is 9.10. The summed E-state index contributed by atoms with van der Waals surface area (Å²) in [5, 5.41) is 3.52. The minimum Gasteiger partial charge on any atom is -0.490 e. The van der Waals surface area contributed by atoms with Crippen LogP contribution in [0, 0.1) is 11.3 Å². The lowest BCUT2D eigenvalue weighted by atomic mass is 9.72.